The van der Waals surface area contributed by atoms with Gasteiger partial charge in [0.2, 0.25) is 5.79 Å². The second-order valence-electron chi connectivity index (χ2n) is 10.0. The van der Waals surface area contributed by atoms with E-state index in [4.69, 9.17) is 9.47 Å². The number of ketones is 1. The summed E-state index contributed by atoms with van der Waals surface area (Å²) < 4.78 is 11.7. The van der Waals surface area contributed by atoms with Gasteiger partial charge in [0.15, 0.2) is 5.78 Å². The van der Waals surface area contributed by atoms with Gasteiger partial charge >= 0.3 is 0 Å². The normalized spacial score (nSPS) is 47.1. The molecule has 0 aromatic heterocycles. The van der Waals surface area contributed by atoms with Gasteiger partial charge in [-0.3, -0.25) is 4.79 Å². The number of allylic oxidation sites excluding steroid dienone is 4. The van der Waals surface area contributed by atoms with Crippen LogP contribution in [0.2, 0.25) is 0 Å². The van der Waals surface area contributed by atoms with E-state index in [0.717, 1.165) is 32.1 Å². The maximum Gasteiger partial charge on any atom is 0.222 e. The number of aliphatic hydroxyl groups is 2. The molecule has 5 atom stereocenters. The third-order valence-corrected chi connectivity index (χ3v) is 9.08. The van der Waals surface area contributed by atoms with E-state index in [9.17, 15) is 15.0 Å². The van der Waals surface area contributed by atoms with E-state index in [1.54, 1.807) is 0 Å². The number of aliphatic hydroxyl groups excluding tert-OH is 1. The summed E-state index contributed by atoms with van der Waals surface area (Å²) in [6.07, 6.45) is 10.0. The monoisotopic (exact) mass is 388 g/mol. The van der Waals surface area contributed by atoms with E-state index in [0.29, 0.717) is 37.9 Å². The molecule has 0 aromatic carbocycles. The Morgan fingerprint density at radius 3 is 2.61 bits per heavy atom. The molecule has 4 aliphatic carbocycles. The lowest BCUT2D eigenvalue weighted by molar-refractivity contribution is -0.314. The van der Waals surface area contributed by atoms with Crippen LogP contribution < -0.4 is 0 Å². The number of ether oxygens (including phenoxy) is 2. The first-order chi connectivity index (χ1) is 13.3. The van der Waals surface area contributed by atoms with E-state index in [1.807, 2.05) is 6.08 Å². The molecule has 2 N–H and O–H groups in total. The predicted octanol–water partition coefficient (Wildman–Crippen LogP) is 2.90. The van der Waals surface area contributed by atoms with Gasteiger partial charge in [-0.15, -0.1) is 0 Å². The van der Waals surface area contributed by atoms with Crippen molar-refractivity contribution in [3.05, 3.63) is 23.3 Å². The molecule has 0 radical (unpaired) electrons. The molecule has 0 aromatic rings. The number of carbonyl (C=O) groups excluding carboxylic acids is 1. The molecule has 5 nitrogen and oxygen atoms in total. The molecule has 1 heterocycles. The van der Waals surface area contributed by atoms with Crippen molar-refractivity contribution in [2.75, 3.05) is 19.8 Å². The van der Waals surface area contributed by atoms with Gasteiger partial charge in [-0.25, -0.2) is 0 Å². The minimum absolute atomic E-state index is 0.00606. The highest BCUT2D eigenvalue weighted by atomic mass is 16.8. The van der Waals surface area contributed by atoms with Crippen LogP contribution in [0.15, 0.2) is 23.3 Å². The molecule has 5 aliphatic rings. The van der Waals surface area contributed by atoms with Crippen molar-refractivity contribution in [3.8, 4) is 0 Å². The molecule has 1 aliphatic heterocycles. The molecule has 28 heavy (non-hydrogen) atoms. The lowest BCUT2D eigenvalue weighted by Gasteiger charge is -2.57. The Morgan fingerprint density at radius 1 is 1.14 bits per heavy atom. The van der Waals surface area contributed by atoms with Crippen LogP contribution in [-0.4, -0.2) is 47.2 Å². The van der Waals surface area contributed by atoms with Crippen molar-refractivity contribution >= 4 is 5.78 Å². The standard InChI is InChI=1S/C23H32O5/c1-20-8-5-16(25)13-15(20)3-4-17-18(20)6-9-21(2)19(17)7-10-22(21,26)23(14-24)27-11-12-28-23/h6,13,17,19,24,26H,3-5,7-12,14H2,1-2H3/t17-,19+,20+,21+,22?/m1/s1. The zero-order valence-corrected chi connectivity index (χ0v) is 17.0. The molecule has 3 fully saturated rings. The highest BCUT2D eigenvalue weighted by Crippen LogP contribution is 2.67. The largest absolute Gasteiger partial charge is 0.391 e. The average Bonchev–Trinajstić information content (AvgIpc) is 3.27. The van der Waals surface area contributed by atoms with Gasteiger partial charge in [0.1, 0.15) is 12.2 Å². The van der Waals surface area contributed by atoms with Crippen LogP contribution in [0.1, 0.15) is 58.8 Å². The number of hydrogen-bond acceptors (Lipinski definition) is 5. The first kappa shape index (κ1) is 19.0. The van der Waals surface area contributed by atoms with E-state index in [-0.39, 0.29) is 17.8 Å². The molecular formula is C23H32O5. The molecule has 1 saturated heterocycles. The SMILES string of the molecule is C[C@]12CCC(=O)C=C1CC[C@@H]1C2=CC[C@@]2(C)[C@H]1CCC2(O)C1(CO)OCCO1. The zero-order valence-electron chi connectivity index (χ0n) is 17.0. The highest BCUT2D eigenvalue weighted by molar-refractivity contribution is 5.92. The predicted molar refractivity (Wildman–Crippen MR) is 103 cm³/mol. The van der Waals surface area contributed by atoms with E-state index >= 15 is 0 Å². The first-order valence-electron chi connectivity index (χ1n) is 10.9. The summed E-state index contributed by atoms with van der Waals surface area (Å²) in [5.41, 5.74) is 1.19. The summed E-state index contributed by atoms with van der Waals surface area (Å²) in [6, 6.07) is 0. The number of fused-ring (bicyclic) bond motifs is 5. The number of rotatable bonds is 2. The lowest BCUT2D eigenvalue weighted by Crippen LogP contribution is -2.65. The van der Waals surface area contributed by atoms with Crippen LogP contribution in [0.5, 0.6) is 0 Å². The highest BCUT2D eigenvalue weighted by Gasteiger charge is 2.70. The van der Waals surface area contributed by atoms with Crippen LogP contribution in [0.3, 0.4) is 0 Å². The second kappa shape index (κ2) is 6.00. The van der Waals surface area contributed by atoms with Crippen LogP contribution >= 0.6 is 0 Å². The summed E-state index contributed by atoms with van der Waals surface area (Å²) in [7, 11) is 0. The molecule has 154 valence electrons. The third-order valence-electron chi connectivity index (χ3n) is 9.08. The maximum absolute atomic E-state index is 12.0. The van der Waals surface area contributed by atoms with Gasteiger partial charge < -0.3 is 19.7 Å². The van der Waals surface area contributed by atoms with Crippen molar-refractivity contribution in [1.29, 1.82) is 0 Å². The smallest absolute Gasteiger partial charge is 0.222 e. The van der Waals surface area contributed by atoms with Gasteiger partial charge in [0.25, 0.3) is 0 Å². The molecular weight excluding hydrogens is 356 g/mol. The Bertz CT molecular complexity index is 763. The Morgan fingerprint density at radius 2 is 1.89 bits per heavy atom. The van der Waals surface area contributed by atoms with Gasteiger partial charge in [0, 0.05) is 17.3 Å². The quantitative estimate of drug-likeness (QED) is 0.712. The molecule has 5 rings (SSSR count). The summed E-state index contributed by atoms with van der Waals surface area (Å²) >= 11 is 0. The molecule has 2 saturated carbocycles. The second-order valence-corrected chi connectivity index (χ2v) is 10.0. The van der Waals surface area contributed by atoms with Crippen molar-refractivity contribution in [1.82, 2.24) is 0 Å². The summed E-state index contributed by atoms with van der Waals surface area (Å²) in [4.78, 5) is 12.0. The minimum atomic E-state index is -1.30. The van der Waals surface area contributed by atoms with E-state index in [2.05, 4.69) is 19.9 Å². The van der Waals surface area contributed by atoms with E-state index < -0.39 is 16.8 Å². The van der Waals surface area contributed by atoms with Crippen molar-refractivity contribution in [3.63, 3.8) is 0 Å². The Balaban J connectivity index is 1.55. The Hall–Kier alpha value is -1.01. The molecule has 0 bridgehead atoms. The van der Waals surface area contributed by atoms with Crippen LogP contribution in [-0.2, 0) is 14.3 Å². The van der Waals surface area contributed by atoms with E-state index in [1.165, 1.54) is 11.1 Å². The fraction of sp³-hybridized carbons (Fsp3) is 0.783. The topological polar surface area (TPSA) is 76.0 Å². The van der Waals surface area contributed by atoms with Gasteiger partial charge in [-0.05, 0) is 56.4 Å². The Kier molecular flexibility index (Phi) is 4.07. The van der Waals surface area contributed by atoms with Gasteiger partial charge in [0.05, 0.1) is 13.2 Å². The number of carbonyl (C=O) groups is 1. The molecule has 0 amide bonds. The Labute approximate surface area is 166 Å². The number of hydrogen-bond donors (Lipinski definition) is 2. The molecule has 0 spiro atoms. The fourth-order valence-electron chi connectivity index (χ4n) is 7.41. The van der Waals surface area contributed by atoms with Gasteiger partial charge in [-0.1, -0.05) is 31.1 Å². The summed E-state index contributed by atoms with van der Waals surface area (Å²) in [6.45, 7) is 4.98. The van der Waals surface area contributed by atoms with Crippen molar-refractivity contribution in [2.45, 2.75) is 70.2 Å². The molecule has 1 unspecified atom stereocenters. The van der Waals surface area contributed by atoms with Gasteiger partial charge in [-0.2, -0.15) is 0 Å². The van der Waals surface area contributed by atoms with Crippen LogP contribution in [0.4, 0.5) is 0 Å². The first-order valence-corrected chi connectivity index (χ1v) is 10.9. The lowest BCUT2D eigenvalue weighted by atomic mass is 9.50. The van der Waals surface area contributed by atoms with Crippen molar-refractivity contribution < 1.29 is 24.5 Å². The summed E-state index contributed by atoms with van der Waals surface area (Å²) in [5, 5.41) is 22.1. The fourth-order valence-corrected chi connectivity index (χ4v) is 7.41. The molecule has 5 heteroatoms. The zero-order chi connectivity index (χ0) is 19.8. The van der Waals surface area contributed by atoms with Crippen LogP contribution in [0.25, 0.3) is 0 Å². The maximum atomic E-state index is 12.0. The third kappa shape index (κ3) is 2.14. The summed E-state index contributed by atoms with van der Waals surface area (Å²) in [5.74, 6) is -0.282. The van der Waals surface area contributed by atoms with Crippen molar-refractivity contribution in [2.24, 2.45) is 22.7 Å². The average molecular weight is 389 g/mol. The minimum Gasteiger partial charge on any atom is -0.391 e. The van der Waals surface area contributed by atoms with Crippen LogP contribution in [0, 0.1) is 22.7 Å².